The van der Waals surface area contributed by atoms with E-state index in [1.54, 1.807) is 0 Å². The van der Waals surface area contributed by atoms with E-state index >= 15 is 0 Å². The summed E-state index contributed by atoms with van der Waals surface area (Å²) in [6.07, 6.45) is 4.36. The molecule has 0 saturated heterocycles. The van der Waals surface area contributed by atoms with Gasteiger partial charge in [0, 0.05) is 44.3 Å². The highest BCUT2D eigenvalue weighted by molar-refractivity contribution is 6.10. The summed E-state index contributed by atoms with van der Waals surface area (Å²) in [5.74, 6) is 0. The van der Waals surface area contributed by atoms with E-state index in [9.17, 15) is 0 Å². The molecule has 2 atom stereocenters. The van der Waals surface area contributed by atoms with Gasteiger partial charge in [0.15, 0.2) is 0 Å². The van der Waals surface area contributed by atoms with Crippen molar-refractivity contribution in [3.05, 3.63) is 247 Å². The fourth-order valence-corrected chi connectivity index (χ4v) is 10.3. The van der Waals surface area contributed by atoms with Gasteiger partial charge in [0.05, 0.1) is 34.2 Å². The maximum absolute atomic E-state index is 3.69. The number of hydrogen-bond donors (Lipinski definition) is 1. The van der Waals surface area contributed by atoms with E-state index < -0.39 is 0 Å². The van der Waals surface area contributed by atoms with Gasteiger partial charge in [0.25, 0.3) is 0 Å². The quantitative estimate of drug-likeness (QED) is 0.165. The molecule has 1 aliphatic rings. The van der Waals surface area contributed by atoms with Crippen LogP contribution in [-0.4, -0.2) is 9.13 Å². The number of benzene rings is 9. The molecule has 0 saturated carbocycles. The van der Waals surface area contributed by atoms with Crippen molar-refractivity contribution in [2.45, 2.75) is 25.9 Å². The molecule has 0 spiro atoms. The Hall–Kier alpha value is -8.08. The molecule has 12 rings (SSSR count). The third-order valence-corrected chi connectivity index (χ3v) is 13.4. The summed E-state index contributed by atoms with van der Waals surface area (Å²) in [4.78, 5) is 2.50. The Morgan fingerprint density at radius 1 is 0.469 bits per heavy atom. The van der Waals surface area contributed by atoms with Crippen molar-refractivity contribution in [3.8, 4) is 22.5 Å². The molecule has 2 unspecified atom stereocenters. The van der Waals surface area contributed by atoms with E-state index in [2.05, 4.69) is 258 Å². The zero-order chi connectivity index (χ0) is 42.7. The Labute approximate surface area is 373 Å². The first-order chi connectivity index (χ1) is 31.6. The highest BCUT2D eigenvalue weighted by atomic mass is 15.2. The van der Waals surface area contributed by atoms with E-state index in [1.807, 2.05) is 0 Å². The second-order valence-corrected chi connectivity index (χ2v) is 17.1. The molecule has 0 bridgehead atoms. The van der Waals surface area contributed by atoms with E-state index in [4.69, 9.17) is 0 Å². The van der Waals surface area contributed by atoms with Crippen LogP contribution in [-0.2, 0) is 0 Å². The number of allylic oxidation sites excluding steroid dienone is 1. The van der Waals surface area contributed by atoms with Crippen LogP contribution in [0.5, 0.6) is 0 Å². The predicted octanol–water partition coefficient (Wildman–Crippen LogP) is 15.4. The molecule has 4 nitrogen and oxygen atoms in total. The minimum absolute atomic E-state index is 0.0403. The average Bonchev–Trinajstić information content (AvgIpc) is 3.88. The number of para-hydroxylation sites is 5. The zero-order valence-corrected chi connectivity index (χ0v) is 35.9. The molecule has 64 heavy (non-hydrogen) atoms. The number of fused-ring (bicyclic) bond motifs is 7. The average molecular weight is 823 g/mol. The third-order valence-electron chi connectivity index (χ3n) is 13.4. The second-order valence-electron chi connectivity index (χ2n) is 17.1. The first-order valence-corrected chi connectivity index (χ1v) is 22.3. The van der Waals surface area contributed by atoms with Crippen molar-refractivity contribution in [2.75, 3.05) is 4.90 Å². The van der Waals surface area contributed by atoms with Crippen LogP contribution in [0.2, 0.25) is 0 Å². The summed E-state index contributed by atoms with van der Waals surface area (Å²) in [5.41, 5.74) is 15.5. The fourth-order valence-electron chi connectivity index (χ4n) is 10.3. The van der Waals surface area contributed by atoms with Crippen LogP contribution in [0.4, 0.5) is 5.69 Å². The monoisotopic (exact) mass is 822 g/mol. The Morgan fingerprint density at radius 2 is 0.969 bits per heavy atom. The summed E-state index contributed by atoms with van der Waals surface area (Å²) in [7, 11) is 0. The summed E-state index contributed by atoms with van der Waals surface area (Å²) < 4.78 is 4.88. The lowest BCUT2D eigenvalue weighted by Gasteiger charge is -2.37. The Balaban J connectivity index is 0.987. The van der Waals surface area contributed by atoms with Crippen LogP contribution in [0.25, 0.3) is 76.9 Å². The number of anilines is 1. The van der Waals surface area contributed by atoms with Gasteiger partial charge in [0.1, 0.15) is 0 Å². The Morgan fingerprint density at radius 3 is 1.53 bits per heavy atom. The number of rotatable bonds is 8. The molecule has 1 aliphatic heterocycles. The van der Waals surface area contributed by atoms with Gasteiger partial charge < -0.3 is 19.4 Å². The molecule has 2 aromatic heterocycles. The highest BCUT2D eigenvalue weighted by Gasteiger charge is 2.27. The SMILES string of the molecule is CC1=C(N(c2ccccc2)C(C)c2ccc(-c3cc(-n4c5ccccc5c5ccccc54)cc(-n4c5ccccc5c5ccccc54)c3)cc2)C=CNC1c1ccc2ccccc2c1. The molecule has 9 aromatic carbocycles. The van der Waals surface area contributed by atoms with Crippen molar-refractivity contribution in [3.63, 3.8) is 0 Å². The van der Waals surface area contributed by atoms with Crippen LogP contribution in [0, 0.1) is 0 Å². The fraction of sp³-hybridized carbons (Fsp3) is 0.0667. The van der Waals surface area contributed by atoms with Crippen molar-refractivity contribution in [1.29, 1.82) is 0 Å². The lowest BCUT2D eigenvalue weighted by molar-refractivity contribution is 0.665. The molecule has 0 amide bonds. The lowest BCUT2D eigenvalue weighted by atomic mass is 9.92. The summed E-state index contributed by atoms with van der Waals surface area (Å²) in [6.45, 7) is 4.60. The topological polar surface area (TPSA) is 25.1 Å². The van der Waals surface area contributed by atoms with Crippen LogP contribution >= 0.6 is 0 Å². The number of aromatic nitrogens is 2. The van der Waals surface area contributed by atoms with E-state index in [-0.39, 0.29) is 12.1 Å². The Kier molecular flexibility index (Phi) is 9.05. The zero-order valence-electron chi connectivity index (χ0n) is 35.9. The molecule has 306 valence electrons. The van der Waals surface area contributed by atoms with Gasteiger partial charge in [-0.1, -0.05) is 152 Å². The predicted molar refractivity (Wildman–Crippen MR) is 270 cm³/mol. The highest BCUT2D eigenvalue weighted by Crippen LogP contribution is 2.41. The van der Waals surface area contributed by atoms with Gasteiger partial charge in [-0.15, -0.1) is 0 Å². The third kappa shape index (κ3) is 6.21. The normalized spacial score (nSPS) is 14.5. The van der Waals surface area contributed by atoms with Crippen molar-refractivity contribution in [2.24, 2.45) is 0 Å². The van der Waals surface area contributed by atoms with E-state index in [0.717, 1.165) is 22.6 Å². The number of nitrogens with one attached hydrogen (secondary N) is 1. The summed E-state index contributed by atoms with van der Waals surface area (Å²) in [5, 5.41) is 11.2. The number of hydrogen-bond acceptors (Lipinski definition) is 2. The second kappa shape index (κ2) is 15.4. The van der Waals surface area contributed by atoms with Crippen LogP contribution in [0.3, 0.4) is 0 Å². The minimum Gasteiger partial charge on any atom is -0.380 e. The van der Waals surface area contributed by atoms with Crippen LogP contribution in [0.1, 0.15) is 37.1 Å². The van der Waals surface area contributed by atoms with Gasteiger partial charge in [-0.3, -0.25) is 0 Å². The summed E-state index contributed by atoms with van der Waals surface area (Å²) in [6, 6.07) is 77.8. The van der Waals surface area contributed by atoms with Gasteiger partial charge in [-0.25, -0.2) is 0 Å². The molecular weight excluding hydrogens is 777 g/mol. The van der Waals surface area contributed by atoms with Gasteiger partial charge in [-0.05, 0) is 125 Å². The van der Waals surface area contributed by atoms with Crippen molar-refractivity contribution >= 4 is 60.1 Å². The molecule has 4 heteroatoms. The molecule has 0 fully saturated rings. The number of dihydropyridines is 1. The Bertz CT molecular complexity index is 3390. The van der Waals surface area contributed by atoms with Gasteiger partial charge >= 0.3 is 0 Å². The molecule has 0 radical (unpaired) electrons. The molecule has 1 N–H and O–H groups in total. The lowest BCUT2D eigenvalue weighted by Crippen LogP contribution is -2.31. The minimum atomic E-state index is 0.0403. The van der Waals surface area contributed by atoms with Crippen LogP contribution in [0.15, 0.2) is 236 Å². The first-order valence-electron chi connectivity index (χ1n) is 22.3. The first kappa shape index (κ1) is 37.7. The van der Waals surface area contributed by atoms with Crippen molar-refractivity contribution in [1.82, 2.24) is 14.5 Å². The maximum Gasteiger partial charge on any atom is 0.0742 e. The maximum atomic E-state index is 3.69. The molecular formula is C60H46N4. The standard InChI is InChI=1S/C60H46N4/c1-40-55(34-35-61-60(40)46-33-32-43-16-6-7-17-45(43)36-46)62(48-18-4-3-5-19-48)41(2)42-28-30-44(31-29-42)47-37-49(63-56-24-12-8-20-51(56)52-21-9-13-25-57(52)63)39-50(38-47)64-58-26-14-10-22-53(58)54-23-11-15-27-59(54)64/h3-39,41,60-61H,1-2H3. The van der Waals surface area contributed by atoms with Gasteiger partial charge in [0.2, 0.25) is 0 Å². The number of nitrogens with zero attached hydrogens (tertiary/aromatic N) is 3. The van der Waals surface area contributed by atoms with Crippen LogP contribution < -0.4 is 10.2 Å². The molecule has 0 aliphatic carbocycles. The summed E-state index contributed by atoms with van der Waals surface area (Å²) >= 11 is 0. The van der Waals surface area contributed by atoms with Crippen molar-refractivity contribution < 1.29 is 0 Å². The molecule has 11 aromatic rings. The van der Waals surface area contributed by atoms with E-state index in [0.29, 0.717) is 0 Å². The van der Waals surface area contributed by atoms with Gasteiger partial charge in [-0.2, -0.15) is 0 Å². The van der Waals surface area contributed by atoms with E-state index in [1.165, 1.54) is 82.3 Å². The molecule has 3 heterocycles. The smallest absolute Gasteiger partial charge is 0.0742 e. The largest absolute Gasteiger partial charge is 0.380 e.